The molecule has 1 atom stereocenters. The summed E-state index contributed by atoms with van der Waals surface area (Å²) in [6.45, 7) is 10.7. The molecule has 2 heterocycles. The summed E-state index contributed by atoms with van der Waals surface area (Å²) in [5, 5.41) is 3.23. The van der Waals surface area contributed by atoms with Crippen LogP contribution in [-0.2, 0) is 11.3 Å². The van der Waals surface area contributed by atoms with Crippen LogP contribution in [0.15, 0.2) is 5.38 Å². The predicted octanol–water partition coefficient (Wildman–Crippen LogP) is 1.47. The highest BCUT2D eigenvalue weighted by Crippen LogP contribution is 2.23. The number of hydrogen-bond acceptors (Lipinski definition) is 5. The molecule has 1 aromatic heterocycles. The minimum Gasteiger partial charge on any atom is -0.340 e. The number of piperazine rings is 1. The maximum Gasteiger partial charge on any atom is 0.229 e. The van der Waals surface area contributed by atoms with Crippen molar-refractivity contribution in [3.05, 3.63) is 16.1 Å². The normalized spacial score (nSPS) is 19.5. The number of nitrogens with zero attached hydrogens (tertiary/aromatic N) is 3. The number of carbonyl (C=O) groups is 1. The van der Waals surface area contributed by atoms with Crippen LogP contribution in [-0.4, -0.2) is 53.4 Å². The molecule has 1 unspecified atom stereocenters. The lowest BCUT2D eigenvalue weighted by Crippen LogP contribution is -2.53. The van der Waals surface area contributed by atoms with Crippen molar-refractivity contribution >= 4 is 17.2 Å². The van der Waals surface area contributed by atoms with E-state index in [4.69, 9.17) is 5.73 Å². The van der Waals surface area contributed by atoms with E-state index in [0.29, 0.717) is 6.54 Å². The van der Waals surface area contributed by atoms with Crippen molar-refractivity contribution in [2.75, 3.05) is 32.7 Å². The molecule has 0 aromatic carbocycles. The Hall–Kier alpha value is -0.980. The third kappa shape index (κ3) is 3.81. The van der Waals surface area contributed by atoms with E-state index < -0.39 is 5.41 Å². The average molecular weight is 310 g/mol. The van der Waals surface area contributed by atoms with Crippen molar-refractivity contribution in [1.82, 2.24) is 14.8 Å². The molecule has 0 aliphatic carbocycles. The largest absolute Gasteiger partial charge is 0.340 e. The Kier molecular flexibility index (Phi) is 5.35. The lowest BCUT2D eigenvalue weighted by molar-refractivity contribution is -0.142. The van der Waals surface area contributed by atoms with Gasteiger partial charge in [-0.2, -0.15) is 0 Å². The summed E-state index contributed by atoms with van der Waals surface area (Å²) >= 11 is 1.69. The summed E-state index contributed by atoms with van der Waals surface area (Å²) in [5.74, 6) is 0.205. The summed E-state index contributed by atoms with van der Waals surface area (Å²) in [7, 11) is 0. The van der Waals surface area contributed by atoms with Gasteiger partial charge < -0.3 is 10.6 Å². The molecule has 1 aromatic rings. The molecule has 1 fully saturated rings. The van der Waals surface area contributed by atoms with Gasteiger partial charge in [0.15, 0.2) is 0 Å². The van der Waals surface area contributed by atoms with E-state index in [1.54, 1.807) is 11.3 Å². The first-order valence-electron chi connectivity index (χ1n) is 7.61. The monoisotopic (exact) mass is 310 g/mol. The van der Waals surface area contributed by atoms with Crippen LogP contribution in [0.3, 0.4) is 0 Å². The molecular weight excluding hydrogens is 284 g/mol. The Balaban J connectivity index is 1.87. The maximum absolute atomic E-state index is 12.6. The fourth-order valence-corrected chi connectivity index (χ4v) is 3.19. The van der Waals surface area contributed by atoms with Gasteiger partial charge in [0, 0.05) is 44.6 Å². The molecule has 1 aliphatic rings. The molecule has 2 N–H and O–H groups in total. The molecule has 1 aliphatic heterocycles. The highest BCUT2D eigenvalue weighted by atomic mass is 32.1. The zero-order valence-electron chi connectivity index (χ0n) is 13.3. The van der Waals surface area contributed by atoms with Crippen LogP contribution in [0.5, 0.6) is 0 Å². The maximum atomic E-state index is 12.6. The second-order valence-electron chi connectivity index (χ2n) is 6.04. The van der Waals surface area contributed by atoms with Gasteiger partial charge in [-0.25, -0.2) is 4.98 Å². The zero-order valence-corrected chi connectivity index (χ0v) is 14.1. The van der Waals surface area contributed by atoms with E-state index in [1.807, 2.05) is 25.7 Å². The van der Waals surface area contributed by atoms with Crippen LogP contribution in [0.1, 0.15) is 31.0 Å². The molecule has 5 nitrogen and oxygen atoms in total. The van der Waals surface area contributed by atoms with Crippen LogP contribution >= 0.6 is 11.3 Å². The molecule has 1 saturated heterocycles. The van der Waals surface area contributed by atoms with Gasteiger partial charge in [0.2, 0.25) is 5.91 Å². The predicted molar refractivity (Wildman–Crippen MR) is 86.2 cm³/mol. The molecule has 0 saturated carbocycles. The van der Waals surface area contributed by atoms with E-state index in [-0.39, 0.29) is 5.91 Å². The topological polar surface area (TPSA) is 62.5 Å². The fraction of sp³-hybridized carbons (Fsp3) is 0.733. The van der Waals surface area contributed by atoms with Crippen LogP contribution in [0.4, 0.5) is 0 Å². The van der Waals surface area contributed by atoms with Crippen molar-refractivity contribution in [3.8, 4) is 0 Å². The van der Waals surface area contributed by atoms with Crippen molar-refractivity contribution in [3.63, 3.8) is 0 Å². The van der Waals surface area contributed by atoms with Crippen molar-refractivity contribution in [2.24, 2.45) is 11.1 Å². The number of nitrogens with two attached hydrogens (primary N) is 1. The van der Waals surface area contributed by atoms with Crippen molar-refractivity contribution < 1.29 is 4.79 Å². The Morgan fingerprint density at radius 2 is 2.10 bits per heavy atom. The smallest absolute Gasteiger partial charge is 0.229 e. The highest BCUT2D eigenvalue weighted by Gasteiger charge is 2.35. The lowest BCUT2D eigenvalue weighted by Gasteiger charge is -2.39. The summed E-state index contributed by atoms with van der Waals surface area (Å²) in [6, 6.07) is 0. The Labute approximate surface area is 131 Å². The summed E-state index contributed by atoms with van der Waals surface area (Å²) < 4.78 is 0. The third-order valence-electron chi connectivity index (χ3n) is 4.46. The standard InChI is InChI=1S/C15H26N4OS/c1-4-15(3,11-16)14(20)19-7-5-18(6-8-19)9-13-10-21-12(2)17-13/h10H,4-9,11,16H2,1-3H3. The molecule has 21 heavy (non-hydrogen) atoms. The van der Waals surface area contributed by atoms with E-state index >= 15 is 0 Å². The van der Waals surface area contributed by atoms with Gasteiger partial charge in [-0.05, 0) is 20.3 Å². The number of aryl methyl sites for hydroxylation is 1. The van der Waals surface area contributed by atoms with E-state index in [9.17, 15) is 4.79 Å². The number of thiazole rings is 1. The first kappa shape index (κ1) is 16.4. The fourth-order valence-electron chi connectivity index (χ4n) is 2.58. The molecule has 2 rings (SSSR count). The third-order valence-corrected chi connectivity index (χ3v) is 5.28. The lowest BCUT2D eigenvalue weighted by atomic mass is 9.86. The molecule has 0 spiro atoms. The molecule has 0 bridgehead atoms. The second kappa shape index (κ2) is 6.85. The molecule has 118 valence electrons. The number of amides is 1. The van der Waals surface area contributed by atoms with Crippen LogP contribution in [0.2, 0.25) is 0 Å². The Bertz CT molecular complexity index is 476. The zero-order chi connectivity index (χ0) is 15.5. The van der Waals surface area contributed by atoms with Gasteiger partial charge in [-0.1, -0.05) is 6.92 Å². The molecule has 6 heteroatoms. The molecule has 1 amide bonds. The van der Waals surface area contributed by atoms with Crippen LogP contribution in [0, 0.1) is 12.3 Å². The number of aromatic nitrogens is 1. The van der Waals surface area contributed by atoms with Gasteiger partial charge in [0.1, 0.15) is 0 Å². The van der Waals surface area contributed by atoms with Gasteiger partial charge in [0.25, 0.3) is 0 Å². The van der Waals surface area contributed by atoms with Crippen LogP contribution in [0.25, 0.3) is 0 Å². The second-order valence-corrected chi connectivity index (χ2v) is 7.11. The summed E-state index contributed by atoms with van der Waals surface area (Å²) in [5.41, 5.74) is 6.52. The van der Waals surface area contributed by atoms with Crippen molar-refractivity contribution in [2.45, 2.75) is 33.7 Å². The summed E-state index contributed by atoms with van der Waals surface area (Å²) in [4.78, 5) is 21.4. The van der Waals surface area contributed by atoms with E-state index in [1.165, 1.54) is 0 Å². The van der Waals surface area contributed by atoms with Gasteiger partial charge in [-0.3, -0.25) is 9.69 Å². The van der Waals surface area contributed by atoms with Crippen molar-refractivity contribution in [1.29, 1.82) is 0 Å². The minimum absolute atomic E-state index is 0.205. The Morgan fingerprint density at radius 3 is 2.57 bits per heavy atom. The number of carbonyl (C=O) groups excluding carboxylic acids is 1. The minimum atomic E-state index is -0.409. The first-order chi connectivity index (χ1) is 9.98. The average Bonchev–Trinajstić information content (AvgIpc) is 2.91. The van der Waals surface area contributed by atoms with Crippen LogP contribution < -0.4 is 5.73 Å². The SMILES string of the molecule is CCC(C)(CN)C(=O)N1CCN(Cc2csc(C)n2)CC1. The number of rotatable bonds is 5. The summed E-state index contributed by atoms with van der Waals surface area (Å²) in [6.07, 6.45) is 0.792. The first-order valence-corrected chi connectivity index (χ1v) is 8.49. The quantitative estimate of drug-likeness (QED) is 0.894. The highest BCUT2D eigenvalue weighted by molar-refractivity contribution is 7.09. The van der Waals surface area contributed by atoms with Gasteiger partial charge in [0.05, 0.1) is 16.1 Å². The van der Waals surface area contributed by atoms with E-state index in [2.05, 4.69) is 15.3 Å². The molecular formula is C15H26N4OS. The van der Waals surface area contributed by atoms with Gasteiger partial charge >= 0.3 is 0 Å². The van der Waals surface area contributed by atoms with E-state index in [0.717, 1.165) is 49.8 Å². The molecule has 0 radical (unpaired) electrons. The number of hydrogen-bond donors (Lipinski definition) is 1. The van der Waals surface area contributed by atoms with Gasteiger partial charge in [-0.15, -0.1) is 11.3 Å². The Morgan fingerprint density at radius 1 is 1.43 bits per heavy atom.